The van der Waals surface area contributed by atoms with Crippen LogP contribution in [0.2, 0.25) is 0 Å². The predicted octanol–water partition coefficient (Wildman–Crippen LogP) is 5.76. The number of thiazole rings is 1. The summed E-state index contributed by atoms with van der Waals surface area (Å²) in [6.07, 6.45) is 3.32. The Balaban J connectivity index is 1.26. The number of thioether (sulfide) groups is 1. The highest BCUT2D eigenvalue weighted by Crippen LogP contribution is 2.40. The van der Waals surface area contributed by atoms with Crippen LogP contribution < -0.4 is 5.32 Å². The molecule has 28 heavy (non-hydrogen) atoms. The minimum atomic E-state index is 0.568. The first-order chi connectivity index (χ1) is 13.8. The van der Waals surface area contributed by atoms with Crippen molar-refractivity contribution in [3.8, 4) is 0 Å². The maximum Gasteiger partial charge on any atom is 0.191 e. The van der Waals surface area contributed by atoms with Crippen LogP contribution in [-0.2, 0) is 12.2 Å². The summed E-state index contributed by atoms with van der Waals surface area (Å²) in [6, 6.07) is 15.0. The molecule has 1 N–H and O–H groups in total. The summed E-state index contributed by atoms with van der Waals surface area (Å²) in [5.41, 5.74) is 2.13. The van der Waals surface area contributed by atoms with E-state index < -0.39 is 0 Å². The van der Waals surface area contributed by atoms with Crippen LogP contribution in [0.5, 0.6) is 0 Å². The Morgan fingerprint density at radius 3 is 2.75 bits per heavy atom. The van der Waals surface area contributed by atoms with E-state index in [1.54, 1.807) is 34.4 Å². The van der Waals surface area contributed by atoms with Gasteiger partial charge in [-0.3, -0.25) is 0 Å². The second kappa shape index (κ2) is 8.06. The number of benzene rings is 1. The van der Waals surface area contributed by atoms with E-state index in [1.165, 1.54) is 17.7 Å². The Labute approximate surface area is 175 Å². The first-order valence-electron chi connectivity index (χ1n) is 9.20. The molecule has 1 fully saturated rings. The van der Waals surface area contributed by atoms with Crippen molar-refractivity contribution < 1.29 is 0 Å². The molecule has 5 rings (SSSR count). The smallest absolute Gasteiger partial charge is 0.191 e. The van der Waals surface area contributed by atoms with Crippen molar-refractivity contribution in [1.82, 2.24) is 19.7 Å². The maximum atomic E-state index is 4.71. The Hall–Kier alpha value is -2.16. The fourth-order valence-electron chi connectivity index (χ4n) is 3.01. The van der Waals surface area contributed by atoms with Crippen molar-refractivity contribution in [2.75, 3.05) is 5.32 Å². The average Bonchev–Trinajstić information content (AvgIpc) is 3.09. The monoisotopic (exact) mass is 425 g/mol. The number of thiophene rings is 1. The van der Waals surface area contributed by atoms with Crippen LogP contribution in [0.25, 0.3) is 0 Å². The van der Waals surface area contributed by atoms with E-state index in [1.807, 2.05) is 30.3 Å². The number of hydrogen-bond acceptors (Lipinski definition) is 7. The van der Waals surface area contributed by atoms with E-state index in [4.69, 9.17) is 4.98 Å². The van der Waals surface area contributed by atoms with Crippen LogP contribution in [0, 0.1) is 0 Å². The average molecular weight is 426 g/mol. The molecule has 0 aliphatic heterocycles. The zero-order valence-electron chi connectivity index (χ0n) is 15.1. The van der Waals surface area contributed by atoms with Gasteiger partial charge in [0.25, 0.3) is 0 Å². The molecular weight excluding hydrogens is 406 g/mol. The van der Waals surface area contributed by atoms with Crippen LogP contribution in [0.15, 0.2) is 58.4 Å². The van der Waals surface area contributed by atoms with Crippen molar-refractivity contribution in [3.63, 3.8) is 0 Å². The molecule has 3 heterocycles. The third kappa shape index (κ3) is 4.14. The molecule has 3 aromatic heterocycles. The summed E-state index contributed by atoms with van der Waals surface area (Å²) in [4.78, 5) is 6.04. The van der Waals surface area contributed by atoms with Crippen LogP contribution in [-0.4, -0.2) is 19.7 Å². The topological polar surface area (TPSA) is 55.6 Å². The van der Waals surface area contributed by atoms with Crippen molar-refractivity contribution in [2.24, 2.45) is 0 Å². The van der Waals surface area contributed by atoms with Gasteiger partial charge >= 0.3 is 0 Å². The van der Waals surface area contributed by atoms with Gasteiger partial charge in [-0.05, 0) is 36.4 Å². The Kier molecular flexibility index (Phi) is 5.16. The molecule has 5 nitrogen and oxygen atoms in total. The zero-order valence-corrected chi connectivity index (χ0v) is 17.6. The molecule has 0 spiro atoms. The Morgan fingerprint density at radius 2 is 1.96 bits per heavy atom. The van der Waals surface area contributed by atoms with Gasteiger partial charge in [0.2, 0.25) is 0 Å². The summed E-state index contributed by atoms with van der Waals surface area (Å²) < 4.78 is 2.35. The van der Waals surface area contributed by atoms with Gasteiger partial charge in [0, 0.05) is 34.2 Å². The molecule has 142 valence electrons. The molecule has 1 aromatic carbocycles. The molecule has 1 saturated carbocycles. The number of hydrogen-bond donors (Lipinski definition) is 1. The van der Waals surface area contributed by atoms with E-state index in [0.717, 1.165) is 39.7 Å². The van der Waals surface area contributed by atoms with Gasteiger partial charge in [-0.25, -0.2) is 4.98 Å². The summed E-state index contributed by atoms with van der Waals surface area (Å²) in [5.74, 6) is 1.88. The van der Waals surface area contributed by atoms with Crippen molar-refractivity contribution in [2.45, 2.75) is 36.2 Å². The number of aromatic nitrogens is 4. The first-order valence-corrected chi connectivity index (χ1v) is 11.9. The van der Waals surface area contributed by atoms with E-state index in [9.17, 15) is 0 Å². The van der Waals surface area contributed by atoms with Gasteiger partial charge in [0.15, 0.2) is 10.3 Å². The number of nitrogens with zero attached hydrogens (tertiary/aromatic N) is 4. The van der Waals surface area contributed by atoms with Gasteiger partial charge in [-0.15, -0.1) is 32.9 Å². The predicted molar refractivity (Wildman–Crippen MR) is 117 cm³/mol. The fraction of sp³-hybridized carbons (Fsp3) is 0.250. The van der Waals surface area contributed by atoms with Crippen LogP contribution in [0.3, 0.4) is 0 Å². The lowest BCUT2D eigenvalue weighted by atomic mass is 10.3. The van der Waals surface area contributed by atoms with Gasteiger partial charge in [0.05, 0.1) is 5.69 Å². The molecular formula is C20H19N5S3. The molecule has 0 atom stereocenters. The molecule has 0 unspecified atom stereocenters. The van der Waals surface area contributed by atoms with E-state index in [2.05, 4.69) is 43.0 Å². The second-order valence-electron chi connectivity index (χ2n) is 6.68. The third-order valence-corrected chi connectivity index (χ3v) is 7.15. The molecule has 8 heteroatoms. The van der Waals surface area contributed by atoms with E-state index >= 15 is 0 Å². The molecule has 0 amide bonds. The summed E-state index contributed by atoms with van der Waals surface area (Å²) in [5, 5.41) is 18.5. The molecule has 1 aliphatic carbocycles. The fourth-order valence-corrected chi connectivity index (χ4v) is 5.46. The van der Waals surface area contributed by atoms with Crippen molar-refractivity contribution in [3.05, 3.63) is 69.6 Å². The zero-order chi connectivity index (χ0) is 18.8. The standard InChI is InChI=1S/C20H19N5S3/c1-2-5-14(6-3-1)21-19-22-15(12-27-19)13-28-20-24-23-18(25(20)16-8-9-16)11-17-7-4-10-26-17/h1-7,10,12,16H,8-9,11,13H2,(H,21,22). The van der Waals surface area contributed by atoms with Gasteiger partial charge in [-0.1, -0.05) is 36.0 Å². The van der Waals surface area contributed by atoms with Gasteiger partial charge < -0.3 is 9.88 Å². The molecule has 0 saturated heterocycles. The van der Waals surface area contributed by atoms with Gasteiger partial charge in [0.1, 0.15) is 5.82 Å². The van der Waals surface area contributed by atoms with Gasteiger partial charge in [-0.2, -0.15) is 0 Å². The van der Waals surface area contributed by atoms with E-state index in [-0.39, 0.29) is 0 Å². The Bertz CT molecular complexity index is 1040. The highest BCUT2D eigenvalue weighted by molar-refractivity contribution is 7.98. The molecule has 1 aliphatic rings. The molecule has 0 bridgehead atoms. The third-order valence-electron chi connectivity index (χ3n) is 4.49. The lowest BCUT2D eigenvalue weighted by Crippen LogP contribution is -2.03. The maximum absolute atomic E-state index is 4.71. The van der Waals surface area contributed by atoms with Crippen LogP contribution in [0.1, 0.15) is 35.3 Å². The summed E-state index contributed by atoms with van der Waals surface area (Å²) in [7, 11) is 0. The first kappa shape index (κ1) is 17.9. The highest BCUT2D eigenvalue weighted by Gasteiger charge is 2.29. The molecule has 0 radical (unpaired) electrons. The molecule has 4 aromatic rings. The SMILES string of the molecule is c1ccc(Nc2nc(CSc3nnc(Cc4cccs4)n3C3CC3)cs2)cc1. The van der Waals surface area contributed by atoms with Crippen LogP contribution >= 0.6 is 34.4 Å². The normalized spacial score (nSPS) is 13.7. The minimum Gasteiger partial charge on any atom is -0.332 e. The lowest BCUT2D eigenvalue weighted by Gasteiger charge is -2.07. The quantitative estimate of drug-likeness (QED) is 0.364. The van der Waals surface area contributed by atoms with Crippen molar-refractivity contribution >= 4 is 45.3 Å². The summed E-state index contributed by atoms with van der Waals surface area (Å²) >= 11 is 5.14. The number of rotatable bonds is 8. The largest absolute Gasteiger partial charge is 0.332 e. The number of anilines is 2. The van der Waals surface area contributed by atoms with Crippen LogP contribution in [0.4, 0.5) is 10.8 Å². The second-order valence-corrected chi connectivity index (χ2v) is 9.51. The number of nitrogens with one attached hydrogen (secondary N) is 1. The van der Waals surface area contributed by atoms with Crippen molar-refractivity contribution in [1.29, 1.82) is 0 Å². The Morgan fingerprint density at radius 1 is 1.07 bits per heavy atom. The minimum absolute atomic E-state index is 0.568. The van der Waals surface area contributed by atoms with E-state index in [0.29, 0.717) is 6.04 Å². The lowest BCUT2D eigenvalue weighted by molar-refractivity contribution is 0.635. The number of para-hydroxylation sites is 1. The summed E-state index contributed by atoms with van der Waals surface area (Å²) in [6.45, 7) is 0. The highest BCUT2D eigenvalue weighted by atomic mass is 32.2.